The van der Waals surface area contributed by atoms with Crippen LogP contribution in [0.3, 0.4) is 0 Å². The van der Waals surface area contributed by atoms with E-state index in [1.807, 2.05) is 31.2 Å². The lowest BCUT2D eigenvalue weighted by Crippen LogP contribution is -2.53. The van der Waals surface area contributed by atoms with Gasteiger partial charge in [-0.2, -0.15) is 0 Å². The normalized spacial score (nSPS) is 15.6. The number of aromatic nitrogens is 1. The van der Waals surface area contributed by atoms with Crippen molar-refractivity contribution in [3.05, 3.63) is 42.0 Å². The first-order valence-corrected chi connectivity index (χ1v) is 7.84. The second-order valence-corrected chi connectivity index (χ2v) is 6.29. The monoisotopic (exact) mass is 327 g/mol. The number of anilines is 2. The van der Waals surface area contributed by atoms with Crippen LogP contribution in [0.1, 0.15) is 19.4 Å². The highest BCUT2D eigenvalue weighted by atomic mass is 16.5. The Kier molecular flexibility index (Phi) is 4.05. The third-order valence-corrected chi connectivity index (χ3v) is 3.81. The zero-order chi connectivity index (χ0) is 17.3. The van der Waals surface area contributed by atoms with E-state index in [1.54, 1.807) is 30.9 Å². The average Bonchev–Trinajstić information content (AvgIpc) is 2.52. The van der Waals surface area contributed by atoms with E-state index in [2.05, 4.69) is 4.98 Å². The molecule has 2 aromatic rings. The zero-order valence-corrected chi connectivity index (χ0v) is 14.1. The summed E-state index contributed by atoms with van der Waals surface area (Å²) >= 11 is 0. The van der Waals surface area contributed by atoms with Crippen LogP contribution in [0.4, 0.5) is 11.6 Å². The molecule has 1 aromatic carbocycles. The van der Waals surface area contributed by atoms with Crippen molar-refractivity contribution in [1.29, 1.82) is 0 Å². The molecule has 0 spiro atoms. The Morgan fingerprint density at radius 2 is 2.08 bits per heavy atom. The molecular weight excluding hydrogens is 306 g/mol. The number of pyridine rings is 1. The van der Waals surface area contributed by atoms with Crippen LogP contribution in [0, 0.1) is 6.92 Å². The summed E-state index contributed by atoms with van der Waals surface area (Å²) in [5.74, 6) is 1.93. The lowest BCUT2D eigenvalue weighted by molar-refractivity contribution is -0.132. The molecule has 24 heavy (non-hydrogen) atoms. The molecule has 1 aliphatic heterocycles. The van der Waals surface area contributed by atoms with Crippen LogP contribution in [-0.2, 0) is 4.79 Å². The summed E-state index contributed by atoms with van der Waals surface area (Å²) in [7, 11) is 0. The number of carbonyl (C=O) groups is 1. The molecule has 0 fully saturated rings. The number of benzene rings is 1. The summed E-state index contributed by atoms with van der Waals surface area (Å²) in [6.07, 6.45) is 0. The Balaban J connectivity index is 1.78. The fourth-order valence-corrected chi connectivity index (χ4v) is 2.63. The Morgan fingerprint density at radius 1 is 1.29 bits per heavy atom. The fourth-order valence-electron chi connectivity index (χ4n) is 2.63. The molecule has 1 aromatic heterocycles. The van der Waals surface area contributed by atoms with Crippen molar-refractivity contribution in [3.63, 3.8) is 0 Å². The van der Waals surface area contributed by atoms with Crippen molar-refractivity contribution in [2.24, 2.45) is 0 Å². The maximum absolute atomic E-state index is 12.7. The second-order valence-electron chi connectivity index (χ2n) is 6.29. The largest absolute Gasteiger partial charge is 0.492 e. The minimum absolute atomic E-state index is 0.166. The van der Waals surface area contributed by atoms with E-state index in [4.69, 9.17) is 15.2 Å². The van der Waals surface area contributed by atoms with Crippen molar-refractivity contribution in [1.82, 2.24) is 4.98 Å². The number of nitrogens with two attached hydrogens (primary N) is 1. The Hall–Kier alpha value is -2.76. The quantitative estimate of drug-likeness (QED) is 0.934. The molecule has 6 nitrogen and oxygen atoms in total. The topological polar surface area (TPSA) is 77.7 Å². The first-order chi connectivity index (χ1) is 11.4. The lowest BCUT2D eigenvalue weighted by Gasteiger charge is -2.37. The van der Waals surface area contributed by atoms with Gasteiger partial charge in [0.2, 0.25) is 0 Å². The van der Waals surface area contributed by atoms with Gasteiger partial charge in [0.1, 0.15) is 18.2 Å². The van der Waals surface area contributed by atoms with Crippen LogP contribution in [0.25, 0.3) is 0 Å². The van der Waals surface area contributed by atoms with Crippen molar-refractivity contribution in [2.75, 3.05) is 23.8 Å². The van der Waals surface area contributed by atoms with E-state index >= 15 is 0 Å². The van der Waals surface area contributed by atoms with Crippen LogP contribution in [-0.4, -0.2) is 29.6 Å². The third kappa shape index (κ3) is 3.13. The summed E-state index contributed by atoms with van der Waals surface area (Å²) in [6.45, 7) is 6.19. The summed E-state index contributed by atoms with van der Waals surface area (Å²) < 4.78 is 11.5. The molecule has 2 N–H and O–H groups in total. The highest BCUT2D eigenvalue weighted by Crippen LogP contribution is 2.36. The molecule has 2 heterocycles. The standard InChI is InChI=1S/C18H21N3O3/c1-12-5-4-6-13(11-12)23-10-9-21-16-14(7-8-15(19)20-16)24-18(2,3)17(21)22/h4-8,11H,9-10H2,1-3H3,(H2,19,20). The van der Waals surface area contributed by atoms with E-state index in [9.17, 15) is 4.79 Å². The van der Waals surface area contributed by atoms with Gasteiger partial charge in [-0.25, -0.2) is 4.98 Å². The van der Waals surface area contributed by atoms with E-state index in [-0.39, 0.29) is 5.91 Å². The van der Waals surface area contributed by atoms with Crippen molar-refractivity contribution >= 4 is 17.5 Å². The van der Waals surface area contributed by atoms with Gasteiger partial charge in [-0.15, -0.1) is 0 Å². The van der Waals surface area contributed by atoms with Crippen molar-refractivity contribution in [3.8, 4) is 11.5 Å². The third-order valence-electron chi connectivity index (χ3n) is 3.81. The molecule has 0 saturated carbocycles. The van der Waals surface area contributed by atoms with Gasteiger partial charge in [-0.1, -0.05) is 12.1 Å². The van der Waals surface area contributed by atoms with Gasteiger partial charge in [-0.05, 0) is 50.6 Å². The van der Waals surface area contributed by atoms with Gasteiger partial charge >= 0.3 is 0 Å². The maximum Gasteiger partial charge on any atom is 0.271 e. The fraction of sp³-hybridized carbons (Fsp3) is 0.333. The molecule has 0 saturated heterocycles. The molecule has 0 aliphatic carbocycles. The molecule has 6 heteroatoms. The van der Waals surface area contributed by atoms with Crippen molar-refractivity contribution < 1.29 is 14.3 Å². The van der Waals surface area contributed by atoms with E-state index in [1.165, 1.54) is 0 Å². The van der Waals surface area contributed by atoms with Gasteiger partial charge < -0.3 is 15.2 Å². The molecule has 0 atom stereocenters. The smallest absolute Gasteiger partial charge is 0.271 e. The number of hydrogen-bond acceptors (Lipinski definition) is 5. The number of nitrogens with zero attached hydrogens (tertiary/aromatic N) is 2. The predicted octanol–water partition coefficient (Wildman–Crippen LogP) is 2.56. The number of amides is 1. The minimum atomic E-state index is -0.950. The molecule has 3 rings (SSSR count). The lowest BCUT2D eigenvalue weighted by atomic mass is 10.1. The summed E-state index contributed by atoms with van der Waals surface area (Å²) in [5, 5.41) is 0. The number of aryl methyl sites for hydroxylation is 1. The minimum Gasteiger partial charge on any atom is -0.492 e. The maximum atomic E-state index is 12.7. The SMILES string of the molecule is Cc1cccc(OCCN2C(=O)C(C)(C)Oc3ccc(N)nc32)c1. The molecular formula is C18H21N3O3. The number of rotatable bonds is 4. The molecule has 1 aliphatic rings. The molecule has 0 radical (unpaired) electrons. The van der Waals surface area contributed by atoms with Crippen LogP contribution in [0.5, 0.6) is 11.5 Å². The Morgan fingerprint density at radius 3 is 2.83 bits per heavy atom. The predicted molar refractivity (Wildman–Crippen MR) is 92.4 cm³/mol. The highest BCUT2D eigenvalue weighted by molar-refractivity contribution is 6.01. The summed E-state index contributed by atoms with van der Waals surface area (Å²) in [6, 6.07) is 11.2. The van der Waals surface area contributed by atoms with Crippen molar-refractivity contribution in [2.45, 2.75) is 26.4 Å². The van der Waals surface area contributed by atoms with E-state index < -0.39 is 5.60 Å². The molecule has 0 bridgehead atoms. The number of fused-ring (bicyclic) bond motifs is 1. The molecule has 126 valence electrons. The Bertz CT molecular complexity index is 774. The zero-order valence-electron chi connectivity index (χ0n) is 14.1. The first kappa shape index (κ1) is 16.1. The number of hydrogen-bond donors (Lipinski definition) is 1. The first-order valence-electron chi connectivity index (χ1n) is 7.84. The number of nitrogen functional groups attached to an aromatic ring is 1. The van der Waals surface area contributed by atoms with Gasteiger partial charge in [0.05, 0.1) is 6.54 Å². The molecule has 0 unspecified atom stereocenters. The van der Waals surface area contributed by atoms with Crippen LogP contribution >= 0.6 is 0 Å². The Labute approximate surface area is 141 Å². The number of carbonyl (C=O) groups excluding carboxylic acids is 1. The van der Waals surface area contributed by atoms with Gasteiger partial charge in [0.25, 0.3) is 5.91 Å². The summed E-state index contributed by atoms with van der Waals surface area (Å²) in [4.78, 5) is 18.5. The van der Waals surface area contributed by atoms with Gasteiger partial charge in [-0.3, -0.25) is 9.69 Å². The number of ether oxygens (including phenoxy) is 2. The molecule has 1 amide bonds. The van der Waals surface area contributed by atoms with Crippen LogP contribution in [0.15, 0.2) is 36.4 Å². The van der Waals surface area contributed by atoms with Gasteiger partial charge in [0, 0.05) is 0 Å². The van der Waals surface area contributed by atoms with Gasteiger partial charge in [0.15, 0.2) is 17.2 Å². The highest BCUT2D eigenvalue weighted by Gasteiger charge is 2.41. The summed E-state index contributed by atoms with van der Waals surface area (Å²) in [5.41, 5.74) is 5.93. The van der Waals surface area contributed by atoms with E-state index in [0.717, 1.165) is 11.3 Å². The average molecular weight is 327 g/mol. The van der Waals surface area contributed by atoms with Crippen LogP contribution in [0.2, 0.25) is 0 Å². The second kappa shape index (κ2) is 6.03. The van der Waals surface area contributed by atoms with Crippen LogP contribution < -0.4 is 20.1 Å². The van der Waals surface area contributed by atoms with E-state index in [0.29, 0.717) is 30.5 Å².